The Morgan fingerprint density at radius 2 is 1.71 bits per heavy atom. The third-order valence-corrected chi connectivity index (χ3v) is 10.8. The second-order valence-corrected chi connectivity index (χ2v) is 14.5. The van der Waals surface area contributed by atoms with Crippen molar-refractivity contribution in [3.05, 3.63) is 98.2 Å². The summed E-state index contributed by atoms with van der Waals surface area (Å²) in [5.74, 6) is -0.858. The number of nitrogens with zero attached hydrogens (tertiary/aromatic N) is 3. The molecule has 0 bridgehead atoms. The molecule has 2 aliphatic rings. The van der Waals surface area contributed by atoms with Crippen molar-refractivity contribution in [2.45, 2.75) is 30.6 Å². The van der Waals surface area contributed by atoms with Gasteiger partial charge < -0.3 is 9.80 Å². The summed E-state index contributed by atoms with van der Waals surface area (Å²) in [5.41, 5.74) is 3.01. The van der Waals surface area contributed by atoms with E-state index < -0.39 is 15.8 Å². The maximum Gasteiger partial charge on any atom is 0.253 e. The van der Waals surface area contributed by atoms with E-state index in [0.717, 1.165) is 55.7 Å². The van der Waals surface area contributed by atoms with Crippen molar-refractivity contribution in [3.8, 4) is 0 Å². The molecule has 2 aliphatic heterocycles. The lowest BCUT2D eigenvalue weighted by atomic mass is 9.74. The summed E-state index contributed by atoms with van der Waals surface area (Å²) >= 11 is 18.5. The van der Waals surface area contributed by atoms with Crippen molar-refractivity contribution >= 4 is 56.4 Å². The molecule has 1 saturated heterocycles. The molecular formula is C31H33Cl3FN3O3S. The smallest absolute Gasteiger partial charge is 0.253 e. The van der Waals surface area contributed by atoms with Crippen LogP contribution in [0.5, 0.6) is 0 Å². The van der Waals surface area contributed by atoms with Gasteiger partial charge in [0.05, 0.1) is 27.0 Å². The van der Waals surface area contributed by atoms with Crippen LogP contribution in [0.25, 0.3) is 0 Å². The fraction of sp³-hybridized carbons (Fsp3) is 0.387. The third kappa shape index (κ3) is 6.43. The van der Waals surface area contributed by atoms with Gasteiger partial charge >= 0.3 is 0 Å². The van der Waals surface area contributed by atoms with Crippen molar-refractivity contribution in [1.29, 1.82) is 0 Å². The molecule has 42 heavy (non-hydrogen) atoms. The summed E-state index contributed by atoms with van der Waals surface area (Å²) in [5, 5.41) is 0.822. The van der Waals surface area contributed by atoms with Crippen LogP contribution in [-0.4, -0.2) is 70.2 Å². The van der Waals surface area contributed by atoms with Crippen LogP contribution >= 0.6 is 34.8 Å². The predicted molar refractivity (Wildman–Crippen MR) is 168 cm³/mol. The highest BCUT2D eigenvalue weighted by atomic mass is 35.5. The number of hydrogen-bond acceptors (Lipinski definition) is 4. The zero-order chi connectivity index (χ0) is 30.2. The largest absolute Gasteiger partial charge is 0.341 e. The molecule has 1 amide bonds. The molecule has 224 valence electrons. The normalized spacial score (nSPS) is 17.3. The Morgan fingerprint density at radius 1 is 1.00 bits per heavy atom. The molecule has 0 saturated carbocycles. The standard InChI is InChI=1S/C31H33Cl3FN3O3S/c1-36(30(39)22-8-10-28(35)27(34)18-22)19-23(21-7-9-25(32)26(33)17-21)11-14-37-15-12-31(13-16-37)20-38(42(2,40)41)29-6-4-3-5-24(29)31/h3-10,17-18,23H,11-16,19-20H2,1-2H3. The first-order valence-electron chi connectivity index (χ1n) is 13.8. The van der Waals surface area contributed by atoms with E-state index in [9.17, 15) is 17.6 Å². The molecule has 1 unspecified atom stereocenters. The summed E-state index contributed by atoms with van der Waals surface area (Å²) in [4.78, 5) is 17.2. The molecule has 5 rings (SSSR count). The van der Waals surface area contributed by atoms with Gasteiger partial charge in [-0.2, -0.15) is 0 Å². The average Bonchev–Trinajstić information content (AvgIpc) is 3.29. The van der Waals surface area contributed by atoms with Crippen molar-refractivity contribution in [2.24, 2.45) is 0 Å². The minimum absolute atomic E-state index is 0.0338. The molecule has 1 fully saturated rings. The van der Waals surface area contributed by atoms with Crippen LogP contribution in [0.1, 0.15) is 46.7 Å². The molecule has 11 heteroatoms. The number of amides is 1. The van der Waals surface area contributed by atoms with E-state index in [2.05, 4.69) is 11.0 Å². The van der Waals surface area contributed by atoms with E-state index in [0.29, 0.717) is 28.7 Å². The number of piperidine rings is 1. The van der Waals surface area contributed by atoms with Gasteiger partial charge in [-0.3, -0.25) is 9.10 Å². The molecule has 6 nitrogen and oxygen atoms in total. The van der Waals surface area contributed by atoms with Crippen LogP contribution in [0.4, 0.5) is 10.1 Å². The number of halogens is 4. The summed E-state index contributed by atoms with van der Waals surface area (Å²) in [6.07, 6.45) is 3.75. The molecule has 2 heterocycles. The number of anilines is 1. The number of sulfonamides is 1. The first-order valence-corrected chi connectivity index (χ1v) is 16.8. The number of benzene rings is 3. The maximum atomic E-state index is 13.7. The van der Waals surface area contributed by atoms with Gasteiger partial charge in [-0.15, -0.1) is 0 Å². The fourth-order valence-corrected chi connectivity index (χ4v) is 7.73. The molecule has 0 radical (unpaired) electrons. The van der Waals surface area contributed by atoms with Gasteiger partial charge in [-0.25, -0.2) is 12.8 Å². The van der Waals surface area contributed by atoms with Crippen LogP contribution in [0.15, 0.2) is 60.7 Å². The first-order chi connectivity index (χ1) is 19.9. The first kappa shape index (κ1) is 31.1. The van der Waals surface area contributed by atoms with Crippen molar-refractivity contribution in [1.82, 2.24) is 9.80 Å². The minimum atomic E-state index is -3.37. The molecule has 1 atom stereocenters. The van der Waals surface area contributed by atoms with E-state index >= 15 is 0 Å². The van der Waals surface area contributed by atoms with E-state index in [1.165, 1.54) is 24.5 Å². The monoisotopic (exact) mass is 651 g/mol. The Labute approximate surface area is 262 Å². The van der Waals surface area contributed by atoms with E-state index in [4.69, 9.17) is 34.8 Å². The van der Waals surface area contributed by atoms with Gasteiger partial charge in [0.2, 0.25) is 10.0 Å². The Morgan fingerprint density at radius 3 is 2.38 bits per heavy atom. The van der Waals surface area contributed by atoms with E-state index in [1.807, 2.05) is 30.3 Å². The van der Waals surface area contributed by atoms with E-state index in [1.54, 1.807) is 22.3 Å². The molecular weight excluding hydrogens is 620 g/mol. The van der Waals surface area contributed by atoms with E-state index in [-0.39, 0.29) is 22.3 Å². The van der Waals surface area contributed by atoms with Crippen molar-refractivity contribution in [3.63, 3.8) is 0 Å². The Bertz CT molecular complexity index is 1600. The van der Waals surface area contributed by atoms with Gasteiger partial charge in [-0.1, -0.05) is 59.1 Å². The summed E-state index contributed by atoms with van der Waals surface area (Å²) in [7, 11) is -1.64. The van der Waals surface area contributed by atoms with Gasteiger partial charge in [0, 0.05) is 37.0 Å². The molecule has 3 aromatic carbocycles. The van der Waals surface area contributed by atoms with Gasteiger partial charge in [-0.05, 0) is 86.4 Å². The molecule has 0 aliphatic carbocycles. The predicted octanol–water partition coefficient (Wildman–Crippen LogP) is 6.85. The number of para-hydroxylation sites is 1. The second-order valence-electron chi connectivity index (χ2n) is 11.4. The van der Waals surface area contributed by atoms with Crippen molar-refractivity contribution in [2.75, 3.05) is 50.3 Å². The Kier molecular flexibility index (Phi) is 9.12. The number of likely N-dealkylation sites (tertiary alicyclic amines) is 1. The van der Waals surface area contributed by atoms with Crippen LogP contribution < -0.4 is 4.31 Å². The molecule has 0 N–H and O–H groups in total. The Hall–Kier alpha value is -2.36. The van der Waals surface area contributed by atoms with Crippen LogP contribution in [-0.2, 0) is 15.4 Å². The molecule has 1 spiro atoms. The summed E-state index contributed by atoms with van der Waals surface area (Å²) in [6, 6.07) is 17.4. The lowest BCUT2D eigenvalue weighted by molar-refractivity contribution is 0.0780. The van der Waals surface area contributed by atoms with Crippen LogP contribution in [0.3, 0.4) is 0 Å². The highest BCUT2D eigenvalue weighted by Crippen LogP contribution is 2.47. The van der Waals surface area contributed by atoms with Gasteiger partial charge in [0.15, 0.2) is 0 Å². The maximum absolute atomic E-state index is 13.7. The highest BCUT2D eigenvalue weighted by molar-refractivity contribution is 7.92. The Balaban J connectivity index is 1.28. The lowest BCUT2D eigenvalue weighted by Crippen LogP contribution is -2.46. The topological polar surface area (TPSA) is 60.9 Å². The number of carbonyl (C=O) groups excluding carboxylic acids is 1. The summed E-state index contributed by atoms with van der Waals surface area (Å²) < 4.78 is 40.3. The zero-order valence-corrected chi connectivity index (χ0v) is 26.6. The van der Waals surface area contributed by atoms with Crippen molar-refractivity contribution < 1.29 is 17.6 Å². The second kappa shape index (κ2) is 12.3. The average molecular weight is 653 g/mol. The zero-order valence-electron chi connectivity index (χ0n) is 23.5. The van der Waals surface area contributed by atoms with Crippen LogP contribution in [0.2, 0.25) is 15.1 Å². The third-order valence-electron chi connectivity index (χ3n) is 8.62. The fourth-order valence-electron chi connectivity index (χ4n) is 6.24. The minimum Gasteiger partial charge on any atom is -0.341 e. The van der Waals surface area contributed by atoms with Gasteiger partial charge in [0.25, 0.3) is 5.91 Å². The number of hydrogen-bond donors (Lipinski definition) is 0. The number of carbonyl (C=O) groups is 1. The van der Waals surface area contributed by atoms with Gasteiger partial charge in [0.1, 0.15) is 5.82 Å². The van der Waals surface area contributed by atoms with Crippen LogP contribution in [0, 0.1) is 5.82 Å². The quantitative estimate of drug-likeness (QED) is 0.267. The highest BCUT2D eigenvalue weighted by Gasteiger charge is 2.46. The SMILES string of the molecule is CN(CC(CCN1CCC2(CC1)CN(S(C)(=O)=O)c1ccccc12)c1ccc(Cl)c(Cl)c1)C(=O)c1ccc(F)c(Cl)c1. The number of likely N-dealkylation sites (N-methyl/N-ethyl adjacent to an activating group) is 1. The number of fused-ring (bicyclic) bond motifs is 2. The molecule has 0 aromatic heterocycles. The lowest BCUT2D eigenvalue weighted by Gasteiger charge is -2.40. The number of rotatable bonds is 8. The molecule has 3 aromatic rings. The summed E-state index contributed by atoms with van der Waals surface area (Å²) in [6.45, 7) is 3.36.